The molecular weight excluding hydrogens is 282 g/mol. The first-order valence-corrected chi connectivity index (χ1v) is 7.08. The molecule has 0 saturated heterocycles. The lowest BCUT2D eigenvalue weighted by atomic mass is 10.2. The number of fused-ring (bicyclic) bond motifs is 1. The van der Waals surface area contributed by atoms with Crippen LogP contribution in [0.5, 0.6) is 5.75 Å². The van der Waals surface area contributed by atoms with E-state index in [1.54, 1.807) is 0 Å². The third-order valence-electron chi connectivity index (χ3n) is 3.26. The number of aromatic nitrogens is 2. The summed E-state index contributed by atoms with van der Waals surface area (Å²) in [4.78, 5) is 0.393. The number of hydrogen-bond donors (Lipinski definition) is 1. The topological polar surface area (TPSA) is 53.1 Å². The number of nitrogens with zero attached hydrogens (tertiary/aromatic N) is 2. The minimum absolute atomic E-state index is 0.393. The van der Waals surface area contributed by atoms with Crippen LogP contribution in [0.3, 0.4) is 0 Å². The Morgan fingerprint density at radius 2 is 1.90 bits per heavy atom. The molecule has 2 N–H and O–H groups in total. The van der Waals surface area contributed by atoms with E-state index in [4.69, 9.17) is 22.7 Å². The van der Waals surface area contributed by atoms with Crippen LogP contribution in [-0.2, 0) is 6.54 Å². The smallest absolute Gasteiger partial charge is 0.119 e. The van der Waals surface area contributed by atoms with E-state index in [-0.39, 0.29) is 0 Å². The summed E-state index contributed by atoms with van der Waals surface area (Å²) in [5.41, 5.74) is 7.52. The summed E-state index contributed by atoms with van der Waals surface area (Å²) in [5.74, 6) is 0.798. The predicted octanol–water partition coefficient (Wildman–Crippen LogP) is 2.75. The van der Waals surface area contributed by atoms with Gasteiger partial charge in [-0.2, -0.15) is 5.10 Å². The second-order valence-corrected chi connectivity index (χ2v) is 5.10. The second-order valence-electron chi connectivity index (χ2n) is 4.66. The first kappa shape index (κ1) is 13.6. The molecule has 0 unspecified atom stereocenters. The Morgan fingerprint density at radius 3 is 2.67 bits per heavy atom. The van der Waals surface area contributed by atoms with Crippen molar-refractivity contribution in [2.24, 2.45) is 5.73 Å². The number of hydrogen-bond acceptors (Lipinski definition) is 3. The third-order valence-corrected chi connectivity index (χ3v) is 3.50. The Labute approximate surface area is 128 Å². The fraction of sp³-hybridized carbons (Fsp3) is 0.125. The highest BCUT2D eigenvalue weighted by Crippen LogP contribution is 2.14. The van der Waals surface area contributed by atoms with Gasteiger partial charge in [-0.3, -0.25) is 4.68 Å². The van der Waals surface area contributed by atoms with Gasteiger partial charge in [-0.25, -0.2) is 0 Å². The lowest BCUT2D eigenvalue weighted by Crippen LogP contribution is -2.10. The fourth-order valence-corrected chi connectivity index (χ4v) is 2.31. The molecule has 3 rings (SSSR count). The largest absolute Gasteiger partial charge is 0.492 e. The SMILES string of the molecule is NC(=S)c1ccc(OCCn2ncc3ccccc32)cc1. The highest BCUT2D eigenvalue weighted by Gasteiger charge is 2.02. The number of thiocarbonyl (C=S) groups is 1. The van der Waals surface area contributed by atoms with Crippen molar-refractivity contribution < 1.29 is 4.74 Å². The van der Waals surface area contributed by atoms with Gasteiger partial charge < -0.3 is 10.5 Å². The van der Waals surface area contributed by atoms with Crippen LogP contribution in [0.4, 0.5) is 0 Å². The summed E-state index contributed by atoms with van der Waals surface area (Å²) in [5, 5.41) is 5.50. The van der Waals surface area contributed by atoms with Gasteiger partial charge in [0.2, 0.25) is 0 Å². The quantitative estimate of drug-likeness (QED) is 0.736. The first-order valence-electron chi connectivity index (χ1n) is 6.67. The maximum Gasteiger partial charge on any atom is 0.119 e. The van der Waals surface area contributed by atoms with Gasteiger partial charge in [0, 0.05) is 10.9 Å². The van der Waals surface area contributed by atoms with Crippen molar-refractivity contribution in [1.29, 1.82) is 0 Å². The molecule has 21 heavy (non-hydrogen) atoms. The van der Waals surface area contributed by atoms with Gasteiger partial charge in [-0.1, -0.05) is 30.4 Å². The van der Waals surface area contributed by atoms with Crippen molar-refractivity contribution in [3.8, 4) is 5.75 Å². The number of ether oxygens (including phenoxy) is 1. The van der Waals surface area contributed by atoms with Gasteiger partial charge in [0.1, 0.15) is 17.3 Å². The molecule has 4 nitrogen and oxygen atoms in total. The van der Waals surface area contributed by atoms with Gasteiger partial charge >= 0.3 is 0 Å². The molecule has 106 valence electrons. The highest BCUT2D eigenvalue weighted by atomic mass is 32.1. The van der Waals surface area contributed by atoms with Gasteiger partial charge in [-0.05, 0) is 30.3 Å². The maximum atomic E-state index is 5.72. The summed E-state index contributed by atoms with van der Waals surface area (Å²) in [6.07, 6.45) is 1.87. The van der Waals surface area contributed by atoms with E-state index >= 15 is 0 Å². The first-order chi connectivity index (χ1) is 10.2. The zero-order valence-corrected chi connectivity index (χ0v) is 12.2. The summed E-state index contributed by atoms with van der Waals surface area (Å²) in [6.45, 7) is 1.25. The zero-order chi connectivity index (χ0) is 14.7. The van der Waals surface area contributed by atoms with Gasteiger partial charge in [0.25, 0.3) is 0 Å². The molecule has 0 atom stereocenters. The van der Waals surface area contributed by atoms with Crippen LogP contribution in [-0.4, -0.2) is 21.4 Å². The Morgan fingerprint density at radius 1 is 1.14 bits per heavy atom. The minimum Gasteiger partial charge on any atom is -0.492 e. The molecule has 0 spiro atoms. The predicted molar refractivity (Wildman–Crippen MR) is 87.6 cm³/mol. The molecule has 1 heterocycles. The van der Waals surface area contributed by atoms with Crippen molar-refractivity contribution >= 4 is 28.1 Å². The highest BCUT2D eigenvalue weighted by molar-refractivity contribution is 7.80. The molecule has 0 aliphatic carbocycles. The fourth-order valence-electron chi connectivity index (χ4n) is 2.17. The Kier molecular flexibility index (Phi) is 3.83. The molecule has 0 fully saturated rings. The number of rotatable bonds is 5. The summed E-state index contributed by atoms with van der Waals surface area (Å²) >= 11 is 4.92. The molecule has 0 aliphatic rings. The van der Waals surface area contributed by atoms with E-state index in [1.165, 1.54) is 0 Å². The lowest BCUT2D eigenvalue weighted by molar-refractivity contribution is 0.293. The van der Waals surface area contributed by atoms with E-state index in [1.807, 2.05) is 53.3 Å². The maximum absolute atomic E-state index is 5.72. The number of nitrogens with two attached hydrogens (primary N) is 1. The molecule has 0 amide bonds. The molecule has 5 heteroatoms. The standard InChI is InChI=1S/C16H15N3OS/c17-16(21)12-5-7-14(8-6-12)20-10-9-19-15-4-2-1-3-13(15)11-18-19/h1-8,11H,9-10H2,(H2,17,21). The van der Waals surface area contributed by atoms with E-state index in [9.17, 15) is 0 Å². The molecule has 0 radical (unpaired) electrons. The normalized spacial score (nSPS) is 10.7. The molecule has 0 bridgehead atoms. The molecule has 0 aliphatic heterocycles. The minimum atomic E-state index is 0.393. The summed E-state index contributed by atoms with van der Waals surface area (Å²) in [7, 11) is 0. The van der Waals surface area contributed by atoms with E-state index in [0.29, 0.717) is 18.1 Å². The van der Waals surface area contributed by atoms with Crippen molar-refractivity contribution in [2.75, 3.05) is 6.61 Å². The van der Waals surface area contributed by atoms with Crippen molar-refractivity contribution in [3.05, 3.63) is 60.3 Å². The monoisotopic (exact) mass is 297 g/mol. The van der Waals surface area contributed by atoms with Crippen molar-refractivity contribution in [1.82, 2.24) is 9.78 Å². The number of para-hydroxylation sites is 1. The van der Waals surface area contributed by atoms with Gasteiger partial charge in [0.05, 0.1) is 18.3 Å². The lowest BCUT2D eigenvalue weighted by Gasteiger charge is -2.08. The van der Waals surface area contributed by atoms with Gasteiger partial charge in [-0.15, -0.1) is 0 Å². The Balaban J connectivity index is 1.62. The number of benzene rings is 2. The van der Waals surface area contributed by atoms with Crippen LogP contribution in [0, 0.1) is 0 Å². The van der Waals surface area contributed by atoms with Crippen molar-refractivity contribution in [2.45, 2.75) is 6.54 Å². The van der Waals surface area contributed by atoms with E-state index in [2.05, 4.69) is 11.2 Å². The zero-order valence-electron chi connectivity index (χ0n) is 11.4. The molecule has 3 aromatic rings. The van der Waals surface area contributed by atoms with E-state index in [0.717, 1.165) is 22.2 Å². The van der Waals surface area contributed by atoms with Gasteiger partial charge in [0.15, 0.2) is 0 Å². The average molecular weight is 297 g/mol. The van der Waals surface area contributed by atoms with Crippen LogP contribution < -0.4 is 10.5 Å². The molecular formula is C16H15N3OS. The summed E-state index contributed by atoms with van der Waals surface area (Å²) in [6, 6.07) is 15.6. The van der Waals surface area contributed by atoms with Crippen LogP contribution in [0.1, 0.15) is 5.56 Å². The average Bonchev–Trinajstić information content (AvgIpc) is 2.91. The van der Waals surface area contributed by atoms with Crippen LogP contribution in [0.25, 0.3) is 10.9 Å². The summed E-state index contributed by atoms with van der Waals surface area (Å²) < 4.78 is 7.66. The molecule has 1 aromatic heterocycles. The molecule has 2 aromatic carbocycles. The van der Waals surface area contributed by atoms with Crippen LogP contribution in [0.2, 0.25) is 0 Å². The van der Waals surface area contributed by atoms with Crippen LogP contribution in [0.15, 0.2) is 54.7 Å². The Bertz CT molecular complexity index is 765. The molecule has 0 saturated carbocycles. The van der Waals surface area contributed by atoms with Crippen molar-refractivity contribution in [3.63, 3.8) is 0 Å². The Hall–Kier alpha value is -2.40. The van der Waals surface area contributed by atoms with E-state index < -0.39 is 0 Å². The van der Waals surface area contributed by atoms with Crippen LogP contribution >= 0.6 is 12.2 Å². The second kappa shape index (κ2) is 5.93. The third kappa shape index (κ3) is 3.03.